The Morgan fingerprint density at radius 3 is 2.58 bits per heavy atom. The average Bonchev–Trinajstić information content (AvgIpc) is 3.01. The van der Waals surface area contributed by atoms with Crippen molar-refractivity contribution in [1.82, 2.24) is 0 Å². The predicted molar refractivity (Wildman–Crippen MR) is 99.9 cm³/mol. The number of hydrogen-bond acceptors (Lipinski definition) is 4. The molecule has 1 aliphatic rings. The molecule has 1 aromatic heterocycles. The van der Waals surface area contributed by atoms with Gasteiger partial charge in [0.25, 0.3) is 0 Å². The molecule has 3 aromatic rings. The fourth-order valence-corrected chi connectivity index (χ4v) is 4.57. The van der Waals surface area contributed by atoms with Gasteiger partial charge >= 0.3 is 5.97 Å². The van der Waals surface area contributed by atoms with Crippen LogP contribution < -0.4 is 5.32 Å². The molecule has 2 heterocycles. The van der Waals surface area contributed by atoms with E-state index in [1.165, 1.54) is 11.3 Å². The highest BCUT2D eigenvalue weighted by Gasteiger charge is 2.34. The van der Waals surface area contributed by atoms with E-state index in [-0.39, 0.29) is 28.9 Å². The molecule has 6 heteroatoms. The molecule has 0 saturated heterocycles. The molecule has 4 rings (SSSR count). The van der Waals surface area contributed by atoms with E-state index in [4.69, 9.17) is 0 Å². The molecule has 1 amide bonds. The number of nitrogens with one attached hydrogen (secondary N) is 1. The zero-order valence-corrected chi connectivity index (χ0v) is 14.4. The van der Waals surface area contributed by atoms with Gasteiger partial charge in [0, 0.05) is 22.8 Å². The van der Waals surface area contributed by atoms with Crippen molar-refractivity contribution in [3.05, 3.63) is 69.9 Å². The molecule has 5 nitrogen and oxygen atoms in total. The minimum Gasteiger partial charge on any atom is -0.508 e. The molecule has 26 heavy (non-hydrogen) atoms. The Kier molecular flexibility index (Phi) is 3.97. The summed E-state index contributed by atoms with van der Waals surface area (Å²) in [7, 11) is 0. The van der Waals surface area contributed by atoms with Crippen LogP contribution in [-0.2, 0) is 4.79 Å². The highest BCUT2D eigenvalue weighted by Crippen LogP contribution is 2.49. The Morgan fingerprint density at radius 1 is 1.12 bits per heavy atom. The number of aromatic hydroxyl groups is 1. The summed E-state index contributed by atoms with van der Waals surface area (Å²) in [6, 6.07) is 15.9. The van der Waals surface area contributed by atoms with E-state index < -0.39 is 5.97 Å². The second kappa shape index (κ2) is 6.31. The summed E-state index contributed by atoms with van der Waals surface area (Å²) in [6.07, 6.45) is 0.213. The van der Waals surface area contributed by atoms with E-state index in [2.05, 4.69) is 5.32 Å². The van der Waals surface area contributed by atoms with E-state index in [1.807, 2.05) is 36.4 Å². The fourth-order valence-electron chi connectivity index (χ4n) is 3.33. The molecular formula is C20H15NO4S. The molecule has 0 spiro atoms. The van der Waals surface area contributed by atoms with E-state index in [0.29, 0.717) is 11.3 Å². The third-order valence-electron chi connectivity index (χ3n) is 4.44. The average molecular weight is 365 g/mol. The van der Waals surface area contributed by atoms with Gasteiger partial charge in [-0.15, -0.1) is 11.3 Å². The normalized spacial score (nSPS) is 16.0. The third-order valence-corrected chi connectivity index (χ3v) is 5.73. The van der Waals surface area contributed by atoms with Crippen LogP contribution in [0.3, 0.4) is 0 Å². The number of thiophene rings is 1. The summed E-state index contributed by atoms with van der Waals surface area (Å²) in [4.78, 5) is 25.2. The van der Waals surface area contributed by atoms with Crippen molar-refractivity contribution >= 4 is 28.9 Å². The molecule has 0 unspecified atom stereocenters. The molecule has 0 fully saturated rings. The molecule has 0 saturated carbocycles. The first-order valence-electron chi connectivity index (χ1n) is 8.08. The van der Waals surface area contributed by atoms with Crippen LogP contribution in [-0.4, -0.2) is 22.1 Å². The van der Waals surface area contributed by atoms with Crippen LogP contribution in [0.5, 0.6) is 5.75 Å². The number of fused-ring (bicyclic) bond motifs is 1. The lowest BCUT2D eigenvalue weighted by Gasteiger charge is -2.24. The second-order valence-electron chi connectivity index (χ2n) is 6.12. The summed E-state index contributed by atoms with van der Waals surface area (Å²) in [5.74, 6) is -1.36. The van der Waals surface area contributed by atoms with E-state index >= 15 is 0 Å². The van der Waals surface area contributed by atoms with Gasteiger partial charge in [-0.3, -0.25) is 4.79 Å². The van der Waals surface area contributed by atoms with Crippen molar-refractivity contribution in [2.24, 2.45) is 0 Å². The Bertz CT molecular complexity index is 1010. The molecule has 2 aromatic carbocycles. The van der Waals surface area contributed by atoms with Crippen LogP contribution in [0.15, 0.2) is 54.6 Å². The van der Waals surface area contributed by atoms with Crippen LogP contribution in [0.2, 0.25) is 0 Å². The second-order valence-corrected chi connectivity index (χ2v) is 7.17. The van der Waals surface area contributed by atoms with Crippen molar-refractivity contribution < 1.29 is 19.8 Å². The molecule has 1 aliphatic heterocycles. The number of amides is 1. The monoisotopic (exact) mass is 365 g/mol. The maximum Gasteiger partial charge on any atom is 0.346 e. The lowest BCUT2D eigenvalue weighted by atomic mass is 9.88. The van der Waals surface area contributed by atoms with Gasteiger partial charge in [0.1, 0.15) is 10.6 Å². The minimum atomic E-state index is -1.02. The number of carbonyl (C=O) groups excluding carboxylic acids is 1. The van der Waals surface area contributed by atoms with Crippen LogP contribution >= 0.6 is 11.3 Å². The molecule has 3 N–H and O–H groups in total. The first kappa shape index (κ1) is 16.4. The Hall–Kier alpha value is -3.12. The van der Waals surface area contributed by atoms with Gasteiger partial charge in [0.15, 0.2) is 0 Å². The molecular weight excluding hydrogens is 350 g/mol. The third kappa shape index (κ3) is 2.74. The van der Waals surface area contributed by atoms with Gasteiger partial charge in [0.2, 0.25) is 5.91 Å². The van der Waals surface area contributed by atoms with Crippen LogP contribution in [0.4, 0.5) is 5.69 Å². The maximum absolute atomic E-state index is 12.3. The summed E-state index contributed by atoms with van der Waals surface area (Å²) in [5.41, 5.74) is 2.64. The lowest BCUT2D eigenvalue weighted by Crippen LogP contribution is -2.22. The molecule has 1 atom stereocenters. The Morgan fingerprint density at radius 2 is 1.88 bits per heavy atom. The number of carboxylic acids is 1. The van der Waals surface area contributed by atoms with Gasteiger partial charge in [0.05, 0.1) is 5.69 Å². The fraction of sp³-hybridized carbons (Fsp3) is 0.100. The van der Waals surface area contributed by atoms with Crippen molar-refractivity contribution in [2.75, 3.05) is 5.32 Å². The first-order chi connectivity index (χ1) is 12.5. The first-order valence-corrected chi connectivity index (χ1v) is 8.90. The Balaban J connectivity index is 1.95. The largest absolute Gasteiger partial charge is 0.508 e. The van der Waals surface area contributed by atoms with Gasteiger partial charge in [-0.25, -0.2) is 4.79 Å². The van der Waals surface area contributed by atoms with Crippen LogP contribution in [0.1, 0.15) is 32.5 Å². The number of phenolic OH excluding ortho intramolecular Hbond substituents is 1. The van der Waals surface area contributed by atoms with Gasteiger partial charge in [-0.2, -0.15) is 0 Å². The van der Waals surface area contributed by atoms with Gasteiger partial charge in [-0.1, -0.05) is 42.5 Å². The Labute approximate surface area is 153 Å². The quantitative estimate of drug-likeness (QED) is 0.646. The SMILES string of the molecule is O=C1C[C@H](c2cccc(O)c2)c2sc(C(=O)O)c(-c3ccccc3)c2N1. The molecule has 130 valence electrons. The molecule has 0 bridgehead atoms. The highest BCUT2D eigenvalue weighted by molar-refractivity contribution is 7.15. The summed E-state index contributed by atoms with van der Waals surface area (Å²) < 4.78 is 0. The van der Waals surface area contributed by atoms with E-state index in [1.54, 1.807) is 18.2 Å². The highest BCUT2D eigenvalue weighted by atomic mass is 32.1. The summed E-state index contributed by atoms with van der Waals surface area (Å²) in [5, 5.41) is 22.4. The number of hydrogen-bond donors (Lipinski definition) is 3. The van der Waals surface area contributed by atoms with Crippen molar-refractivity contribution in [1.29, 1.82) is 0 Å². The predicted octanol–water partition coefficient (Wildman–Crippen LogP) is 4.29. The van der Waals surface area contributed by atoms with Crippen LogP contribution in [0.25, 0.3) is 11.1 Å². The van der Waals surface area contributed by atoms with Crippen molar-refractivity contribution in [3.63, 3.8) is 0 Å². The number of carboxylic acid groups (broad SMARTS) is 1. The topological polar surface area (TPSA) is 86.6 Å². The molecule has 0 radical (unpaired) electrons. The number of aromatic carboxylic acids is 1. The number of rotatable bonds is 3. The van der Waals surface area contributed by atoms with Gasteiger partial charge < -0.3 is 15.5 Å². The number of carbonyl (C=O) groups is 2. The van der Waals surface area contributed by atoms with Gasteiger partial charge in [-0.05, 0) is 23.3 Å². The zero-order chi connectivity index (χ0) is 18.3. The lowest BCUT2D eigenvalue weighted by molar-refractivity contribution is -0.116. The number of benzene rings is 2. The smallest absolute Gasteiger partial charge is 0.346 e. The minimum absolute atomic E-state index is 0.119. The summed E-state index contributed by atoms with van der Waals surface area (Å²) >= 11 is 1.18. The van der Waals surface area contributed by atoms with Crippen LogP contribution in [0, 0.1) is 0 Å². The van der Waals surface area contributed by atoms with E-state index in [9.17, 15) is 19.8 Å². The maximum atomic E-state index is 12.3. The molecule has 0 aliphatic carbocycles. The standard InChI is InChI=1S/C20H15NO4S/c22-13-8-4-7-12(9-13)14-10-15(23)21-17-16(11-5-2-1-3-6-11)19(20(24)25)26-18(14)17/h1-9,14,22H,10H2,(H,21,23)(H,24,25)/t14-/m1/s1. The van der Waals surface area contributed by atoms with E-state index in [0.717, 1.165) is 16.0 Å². The number of anilines is 1. The number of phenols is 1. The van der Waals surface area contributed by atoms with Crippen molar-refractivity contribution in [3.8, 4) is 16.9 Å². The zero-order valence-electron chi connectivity index (χ0n) is 13.6. The van der Waals surface area contributed by atoms with Crippen molar-refractivity contribution in [2.45, 2.75) is 12.3 Å². The summed E-state index contributed by atoms with van der Waals surface area (Å²) in [6.45, 7) is 0.